The number of hydrogen-bond acceptors (Lipinski definition) is 2. The van der Waals surface area contributed by atoms with E-state index in [1.165, 1.54) is 18.2 Å². The highest BCUT2D eigenvalue weighted by Crippen LogP contribution is 2.32. The summed E-state index contributed by atoms with van der Waals surface area (Å²) in [7, 11) is 0. The van der Waals surface area contributed by atoms with Crippen molar-refractivity contribution in [2.75, 3.05) is 11.1 Å². The third-order valence-electron chi connectivity index (χ3n) is 2.63. The molecule has 0 aliphatic heterocycles. The van der Waals surface area contributed by atoms with Crippen molar-refractivity contribution < 1.29 is 8.78 Å². The Morgan fingerprint density at radius 2 is 1.53 bits per heavy atom. The summed E-state index contributed by atoms with van der Waals surface area (Å²) >= 11 is 6.17. The van der Waals surface area contributed by atoms with Crippen LogP contribution in [0.2, 0.25) is 0 Å². The summed E-state index contributed by atoms with van der Waals surface area (Å²) in [4.78, 5) is 0. The summed E-state index contributed by atoms with van der Waals surface area (Å²) in [5.74, 6) is -0.770. The first-order chi connectivity index (χ1) is 8.88. The number of hydrogen-bond donors (Lipinski definition) is 2. The summed E-state index contributed by atoms with van der Waals surface area (Å²) in [5, 5.41) is 2.99. The number of nitrogens with two attached hydrogens (primary N) is 1. The van der Waals surface area contributed by atoms with Crippen molar-refractivity contribution in [3.63, 3.8) is 0 Å². The second kappa shape index (κ2) is 5.46. The van der Waals surface area contributed by atoms with Crippen molar-refractivity contribution in [2.45, 2.75) is 6.92 Å². The summed E-state index contributed by atoms with van der Waals surface area (Å²) in [6, 6.07) is 5.74. The fraction of sp³-hybridized carbons (Fsp3) is 0.0769. The third-order valence-corrected chi connectivity index (χ3v) is 3.84. The number of aryl methyl sites for hydroxylation is 1. The molecule has 0 aliphatic carbocycles. The van der Waals surface area contributed by atoms with Gasteiger partial charge in [0.15, 0.2) is 0 Å². The maximum Gasteiger partial charge on any atom is 0.139 e. The Hall–Kier alpha value is -1.14. The van der Waals surface area contributed by atoms with Gasteiger partial charge in [0.2, 0.25) is 0 Å². The third kappa shape index (κ3) is 3.06. The number of nitrogen functional groups attached to an aromatic ring is 1. The molecule has 2 aromatic rings. The van der Waals surface area contributed by atoms with Crippen LogP contribution in [0, 0.1) is 18.6 Å². The van der Waals surface area contributed by atoms with Crippen LogP contribution in [-0.4, -0.2) is 0 Å². The van der Waals surface area contributed by atoms with Gasteiger partial charge in [-0.25, -0.2) is 8.78 Å². The molecule has 0 radical (unpaired) electrons. The van der Waals surface area contributed by atoms with E-state index in [-0.39, 0.29) is 5.82 Å². The maximum atomic E-state index is 13.5. The minimum absolute atomic E-state index is 0.299. The largest absolute Gasteiger partial charge is 0.397 e. The summed E-state index contributed by atoms with van der Waals surface area (Å²) < 4.78 is 27.5. The van der Waals surface area contributed by atoms with Gasteiger partial charge in [0.1, 0.15) is 11.6 Å². The number of benzene rings is 2. The monoisotopic (exact) mass is 390 g/mol. The minimum Gasteiger partial charge on any atom is -0.397 e. The highest BCUT2D eigenvalue weighted by Gasteiger charge is 2.09. The molecule has 0 atom stereocenters. The standard InChI is InChI=1S/C13H10Br2F2N2/c1-6-2-9(16)8(15)4-12(6)19-13-5-10(17)7(14)3-11(13)18/h2-5,19H,18H2,1H3. The van der Waals surface area contributed by atoms with Gasteiger partial charge in [-0.3, -0.25) is 0 Å². The first kappa shape index (κ1) is 14.3. The van der Waals surface area contributed by atoms with Crippen molar-refractivity contribution in [2.24, 2.45) is 0 Å². The lowest BCUT2D eigenvalue weighted by Gasteiger charge is -2.13. The molecule has 2 nitrogen and oxygen atoms in total. The fourth-order valence-electron chi connectivity index (χ4n) is 1.60. The molecule has 0 saturated heterocycles. The lowest BCUT2D eigenvalue weighted by molar-refractivity contribution is 0.619. The molecule has 0 bridgehead atoms. The summed E-state index contributed by atoms with van der Waals surface area (Å²) in [5.41, 5.74) is 7.99. The Labute approximate surface area is 126 Å². The number of anilines is 3. The first-order valence-electron chi connectivity index (χ1n) is 5.35. The highest BCUT2D eigenvalue weighted by molar-refractivity contribution is 9.10. The van der Waals surface area contributed by atoms with E-state index in [1.807, 2.05) is 0 Å². The first-order valence-corrected chi connectivity index (χ1v) is 6.94. The van der Waals surface area contributed by atoms with Crippen LogP contribution < -0.4 is 11.1 Å². The maximum absolute atomic E-state index is 13.5. The van der Waals surface area contributed by atoms with Crippen LogP contribution in [0.5, 0.6) is 0 Å². The molecule has 0 unspecified atom stereocenters. The van der Waals surface area contributed by atoms with Crippen LogP contribution in [0.3, 0.4) is 0 Å². The van der Waals surface area contributed by atoms with Crippen molar-refractivity contribution >= 4 is 48.9 Å². The van der Waals surface area contributed by atoms with Crippen molar-refractivity contribution in [1.82, 2.24) is 0 Å². The molecule has 0 aromatic heterocycles. The van der Waals surface area contributed by atoms with Crippen molar-refractivity contribution in [3.8, 4) is 0 Å². The predicted molar refractivity (Wildman–Crippen MR) is 80.6 cm³/mol. The zero-order valence-electron chi connectivity index (χ0n) is 9.90. The zero-order chi connectivity index (χ0) is 14.2. The zero-order valence-corrected chi connectivity index (χ0v) is 13.1. The van der Waals surface area contributed by atoms with E-state index in [0.717, 1.165) is 0 Å². The predicted octanol–water partition coefficient (Wildman–Crippen LogP) is 5.12. The van der Waals surface area contributed by atoms with E-state index in [1.54, 1.807) is 13.0 Å². The summed E-state index contributed by atoms with van der Waals surface area (Å²) in [6.07, 6.45) is 0. The van der Waals surface area contributed by atoms with Gasteiger partial charge in [-0.15, -0.1) is 0 Å². The second-order valence-corrected chi connectivity index (χ2v) is 5.77. The number of nitrogens with one attached hydrogen (secondary N) is 1. The molecule has 6 heteroatoms. The molecule has 0 amide bonds. The van der Waals surface area contributed by atoms with Crippen molar-refractivity contribution in [3.05, 3.63) is 50.4 Å². The average molecular weight is 392 g/mol. The van der Waals surface area contributed by atoms with E-state index >= 15 is 0 Å². The van der Waals surface area contributed by atoms with E-state index in [2.05, 4.69) is 37.2 Å². The molecular weight excluding hydrogens is 382 g/mol. The fourth-order valence-corrected chi connectivity index (χ4v) is 2.30. The SMILES string of the molecule is Cc1cc(F)c(Br)cc1Nc1cc(F)c(Br)cc1N. The Bertz CT molecular complexity index is 590. The van der Waals surface area contributed by atoms with Crippen LogP contribution in [0.4, 0.5) is 25.8 Å². The molecule has 0 spiro atoms. The normalized spacial score (nSPS) is 10.6. The molecule has 0 fully saturated rings. The van der Waals surface area contributed by atoms with Crippen LogP contribution in [-0.2, 0) is 0 Å². The molecule has 100 valence electrons. The molecule has 0 heterocycles. The van der Waals surface area contributed by atoms with E-state index in [9.17, 15) is 8.78 Å². The molecular formula is C13H10Br2F2N2. The van der Waals surface area contributed by atoms with Crippen molar-refractivity contribution in [1.29, 1.82) is 0 Å². The number of halogens is 4. The Morgan fingerprint density at radius 1 is 0.947 bits per heavy atom. The Kier molecular flexibility index (Phi) is 4.10. The molecule has 2 aromatic carbocycles. The quantitative estimate of drug-likeness (QED) is 0.697. The van der Waals surface area contributed by atoms with Gasteiger partial charge < -0.3 is 11.1 Å². The molecule has 0 saturated carbocycles. The topological polar surface area (TPSA) is 38.0 Å². The smallest absolute Gasteiger partial charge is 0.139 e. The second-order valence-electron chi connectivity index (χ2n) is 4.06. The van der Waals surface area contributed by atoms with E-state index in [4.69, 9.17) is 5.73 Å². The van der Waals surface area contributed by atoms with Gasteiger partial charge in [-0.1, -0.05) is 0 Å². The lowest BCUT2D eigenvalue weighted by atomic mass is 10.1. The molecule has 3 N–H and O–H groups in total. The van der Waals surface area contributed by atoms with Gasteiger partial charge in [0, 0.05) is 11.8 Å². The van der Waals surface area contributed by atoms with E-state index < -0.39 is 5.82 Å². The van der Waals surface area contributed by atoms with Gasteiger partial charge in [0.25, 0.3) is 0 Å². The summed E-state index contributed by atoms with van der Waals surface area (Å²) in [6.45, 7) is 1.75. The number of rotatable bonds is 2. The molecule has 19 heavy (non-hydrogen) atoms. The van der Waals surface area contributed by atoms with Crippen LogP contribution in [0.15, 0.2) is 33.2 Å². The molecule has 0 aliphatic rings. The lowest BCUT2D eigenvalue weighted by Crippen LogP contribution is -2.00. The average Bonchev–Trinajstić information content (AvgIpc) is 2.32. The van der Waals surface area contributed by atoms with Gasteiger partial charge in [-0.05, 0) is 62.5 Å². The Balaban J connectivity index is 2.42. The highest BCUT2D eigenvalue weighted by atomic mass is 79.9. The minimum atomic E-state index is -0.421. The van der Waals surface area contributed by atoms with Crippen LogP contribution in [0.1, 0.15) is 5.56 Å². The van der Waals surface area contributed by atoms with Gasteiger partial charge in [0.05, 0.1) is 20.3 Å². The Morgan fingerprint density at radius 3 is 2.21 bits per heavy atom. The van der Waals surface area contributed by atoms with Crippen LogP contribution in [0.25, 0.3) is 0 Å². The van der Waals surface area contributed by atoms with E-state index in [0.29, 0.717) is 31.6 Å². The van der Waals surface area contributed by atoms with Gasteiger partial charge >= 0.3 is 0 Å². The van der Waals surface area contributed by atoms with Gasteiger partial charge in [-0.2, -0.15) is 0 Å². The molecule has 2 rings (SSSR count). The van der Waals surface area contributed by atoms with Crippen LogP contribution >= 0.6 is 31.9 Å².